The van der Waals surface area contributed by atoms with Crippen molar-refractivity contribution in [2.24, 2.45) is 0 Å². The molecule has 0 aliphatic rings. The molecule has 1 aromatic heterocycles. The van der Waals surface area contributed by atoms with Crippen LogP contribution in [0.15, 0.2) is 42.6 Å². The Hall–Kier alpha value is -3.09. The fraction of sp³-hybridized carbons (Fsp3) is 0.350. The lowest BCUT2D eigenvalue weighted by Gasteiger charge is -2.10. The number of amides is 2. The zero-order valence-electron chi connectivity index (χ0n) is 15.7. The predicted octanol–water partition coefficient (Wildman–Crippen LogP) is 2.57. The largest absolute Gasteiger partial charge is 0.493 e. The number of benzene rings is 1. The summed E-state index contributed by atoms with van der Waals surface area (Å²) >= 11 is 0. The first-order chi connectivity index (χ1) is 13.1. The number of anilines is 1. The minimum atomic E-state index is -0.146. The van der Waals surface area contributed by atoms with Gasteiger partial charge in [0, 0.05) is 25.6 Å². The molecule has 0 aliphatic carbocycles. The van der Waals surface area contributed by atoms with Crippen molar-refractivity contribution >= 4 is 17.6 Å². The second-order valence-corrected chi connectivity index (χ2v) is 5.91. The van der Waals surface area contributed by atoms with Crippen molar-refractivity contribution in [1.29, 1.82) is 0 Å². The van der Waals surface area contributed by atoms with Crippen LogP contribution in [-0.2, 0) is 16.0 Å². The van der Waals surface area contributed by atoms with E-state index in [9.17, 15) is 9.59 Å². The number of nitrogens with zero attached hydrogens (tertiary/aromatic N) is 1. The Morgan fingerprint density at radius 1 is 1.00 bits per heavy atom. The maximum atomic E-state index is 11.9. The van der Waals surface area contributed by atoms with Gasteiger partial charge in [-0.3, -0.25) is 9.59 Å². The minimum Gasteiger partial charge on any atom is -0.493 e. The Labute approximate surface area is 159 Å². The van der Waals surface area contributed by atoms with Gasteiger partial charge in [0.25, 0.3) is 0 Å². The molecule has 2 amide bonds. The second kappa shape index (κ2) is 10.8. The van der Waals surface area contributed by atoms with E-state index in [-0.39, 0.29) is 18.2 Å². The number of carbonyl (C=O) groups excluding carboxylic acids is 2. The van der Waals surface area contributed by atoms with Gasteiger partial charge < -0.3 is 20.1 Å². The zero-order chi connectivity index (χ0) is 19.5. The molecular weight excluding hydrogens is 346 g/mol. The van der Waals surface area contributed by atoms with Crippen LogP contribution in [-0.4, -0.2) is 37.6 Å². The standard InChI is InChI=1S/C20H25N3O4/c1-26-16-10-9-15(14-17(16)27-2)11-13-22-19(24)7-5-8-20(25)23-18-6-3-4-12-21-18/h3-4,6,9-10,12,14H,5,7-8,11,13H2,1-2H3,(H,22,24)(H,21,23,25). The molecule has 0 aliphatic heterocycles. The van der Waals surface area contributed by atoms with Crippen molar-refractivity contribution in [3.05, 3.63) is 48.2 Å². The van der Waals surface area contributed by atoms with Crippen LogP contribution in [0.1, 0.15) is 24.8 Å². The van der Waals surface area contributed by atoms with E-state index in [4.69, 9.17) is 9.47 Å². The van der Waals surface area contributed by atoms with Crippen molar-refractivity contribution in [1.82, 2.24) is 10.3 Å². The molecule has 7 nitrogen and oxygen atoms in total. The summed E-state index contributed by atoms with van der Waals surface area (Å²) in [4.78, 5) is 27.7. The predicted molar refractivity (Wildman–Crippen MR) is 103 cm³/mol. The highest BCUT2D eigenvalue weighted by Crippen LogP contribution is 2.27. The van der Waals surface area contributed by atoms with E-state index < -0.39 is 0 Å². The molecule has 0 saturated carbocycles. The SMILES string of the molecule is COc1ccc(CCNC(=O)CCCC(=O)Nc2ccccn2)cc1OC. The molecule has 0 unspecified atom stereocenters. The molecule has 1 heterocycles. The third kappa shape index (κ3) is 6.97. The fourth-order valence-electron chi connectivity index (χ4n) is 2.52. The van der Waals surface area contributed by atoms with E-state index in [1.165, 1.54) is 0 Å². The Kier molecular flexibility index (Phi) is 8.09. The number of rotatable bonds is 10. The Balaban J connectivity index is 1.64. The number of carbonyl (C=O) groups is 2. The van der Waals surface area contributed by atoms with Gasteiger partial charge in [0.15, 0.2) is 11.5 Å². The second-order valence-electron chi connectivity index (χ2n) is 5.91. The van der Waals surface area contributed by atoms with E-state index in [0.29, 0.717) is 43.1 Å². The molecule has 2 N–H and O–H groups in total. The first kappa shape index (κ1) is 20.2. The third-order valence-corrected chi connectivity index (χ3v) is 3.92. The molecule has 0 radical (unpaired) electrons. The Bertz CT molecular complexity index is 750. The first-order valence-corrected chi connectivity index (χ1v) is 8.81. The molecule has 0 spiro atoms. The van der Waals surface area contributed by atoms with Crippen molar-refractivity contribution in [3.8, 4) is 11.5 Å². The van der Waals surface area contributed by atoms with E-state index in [0.717, 1.165) is 5.56 Å². The lowest BCUT2D eigenvalue weighted by Crippen LogP contribution is -2.25. The smallest absolute Gasteiger partial charge is 0.225 e. The number of pyridine rings is 1. The van der Waals surface area contributed by atoms with Crippen LogP contribution in [0, 0.1) is 0 Å². The quantitative estimate of drug-likeness (QED) is 0.670. The average Bonchev–Trinajstić information content (AvgIpc) is 2.68. The molecule has 0 atom stereocenters. The number of ether oxygens (including phenoxy) is 2. The highest BCUT2D eigenvalue weighted by Gasteiger charge is 2.07. The summed E-state index contributed by atoms with van der Waals surface area (Å²) in [6, 6.07) is 11.0. The highest BCUT2D eigenvalue weighted by molar-refractivity contribution is 5.90. The summed E-state index contributed by atoms with van der Waals surface area (Å²) < 4.78 is 10.5. The van der Waals surface area contributed by atoms with Gasteiger partial charge >= 0.3 is 0 Å². The number of aromatic nitrogens is 1. The van der Waals surface area contributed by atoms with Crippen LogP contribution in [0.4, 0.5) is 5.82 Å². The minimum absolute atomic E-state index is 0.0684. The maximum absolute atomic E-state index is 11.9. The van der Waals surface area contributed by atoms with E-state index >= 15 is 0 Å². The van der Waals surface area contributed by atoms with Gasteiger partial charge in [0.2, 0.25) is 11.8 Å². The number of hydrogen-bond acceptors (Lipinski definition) is 5. The van der Waals surface area contributed by atoms with Gasteiger partial charge in [-0.15, -0.1) is 0 Å². The molecule has 0 saturated heterocycles. The average molecular weight is 371 g/mol. The molecule has 0 fully saturated rings. The lowest BCUT2D eigenvalue weighted by molar-refractivity contribution is -0.121. The van der Waals surface area contributed by atoms with Gasteiger partial charge in [-0.2, -0.15) is 0 Å². The summed E-state index contributed by atoms with van der Waals surface area (Å²) in [5.41, 5.74) is 1.04. The summed E-state index contributed by atoms with van der Waals surface area (Å²) in [6.45, 7) is 0.522. The molecule has 1 aromatic carbocycles. The summed E-state index contributed by atoms with van der Waals surface area (Å²) in [5, 5.41) is 5.56. The Morgan fingerprint density at radius 2 is 1.78 bits per heavy atom. The number of nitrogens with one attached hydrogen (secondary N) is 2. The molecule has 0 bridgehead atoms. The molecule has 2 aromatic rings. The van der Waals surface area contributed by atoms with Crippen LogP contribution in [0.3, 0.4) is 0 Å². The normalized spacial score (nSPS) is 10.1. The molecule has 144 valence electrons. The van der Waals surface area contributed by atoms with Crippen LogP contribution in [0.2, 0.25) is 0 Å². The van der Waals surface area contributed by atoms with Crippen molar-refractivity contribution < 1.29 is 19.1 Å². The zero-order valence-corrected chi connectivity index (χ0v) is 15.7. The Morgan fingerprint density at radius 3 is 2.48 bits per heavy atom. The maximum Gasteiger partial charge on any atom is 0.225 e. The third-order valence-electron chi connectivity index (χ3n) is 3.92. The molecule has 27 heavy (non-hydrogen) atoms. The highest BCUT2D eigenvalue weighted by atomic mass is 16.5. The van der Waals surface area contributed by atoms with Gasteiger partial charge in [-0.1, -0.05) is 12.1 Å². The van der Waals surface area contributed by atoms with Crippen molar-refractivity contribution in [2.45, 2.75) is 25.7 Å². The summed E-state index contributed by atoms with van der Waals surface area (Å²) in [6.07, 6.45) is 3.37. The first-order valence-electron chi connectivity index (χ1n) is 8.81. The van der Waals surface area contributed by atoms with E-state index in [2.05, 4.69) is 15.6 Å². The molecule has 7 heteroatoms. The van der Waals surface area contributed by atoms with Gasteiger partial charge in [0.1, 0.15) is 5.82 Å². The van der Waals surface area contributed by atoms with Crippen LogP contribution >= 0.6 is 0 Å². The lowest BCUT2D eigenvalue weighted by atomic mass is 10.1. The van der Waals surface area contributed by atoms with Crippen LogP contribution in [0.25, 0.3) is 0 Å². The molecular formula is C20H25N3O4. The van der Waals surface area contributed by atoms with Crippen LogP contribution in [0.5, 0.6) is 11.5 Å². The van der Waals surface area contributed by atoms with Crippen molar-refractivity contribution in [2.75, 3.05) is 26.1 Å². The van der Waals surface area contributed by atoms with Gasteiger partial charge in [-0.05, 0) is 42.7 Å². The summed E-state index contributed by atoms with van der Waals surface area (Å²) in [7, 11) is 3.18. The molecule has 2 rings (SSSR count). The van der Waals surface area contributed by atoms with Gasteiger partial charge in [0.05, 0.1) is 14.2 Å². The van der Waals surface area contributed by atoms with E-state index in [1.54, 1.807) is 38.6 Å². The summed E-state index contributed by atoms with van der Waals surface area (Å²) in [5.74, 6) is 1.64. The van der Waals surface area contributed by atoms with E-state index in [1.807, 2.05) is 18.2 Å². The fourth-order valence-corrected chi connectivity index (χ4v) is 2.52. The van der Waals surface area contributed by atoms with Crippen molar-refractivity contribution in [3.63, 3.8) is 0 Å². The van der Waals surface area contributed by atoms with Gasteiger partial charge in [-0.25, -0.2) is 4.98 Å². The monoisotopic (exact) mass is 371 g/mol. The number of methoxy groups -OCH3 is 2. The topological polar surface area (TPSA) is 89.5 Å². The number of hydrogen-bond donors (Lipinski definition) is 2. The van der Waals surface area contributed by atoms with Crippen LogP contribution < -0.4 is 20.1 Å².